The molecule has 2 aromatic carbocycles. The molecular formula is C19H19N3O3. The Labute approximate surface area is 145 Å². The Balaban J connectivity index is 1.61. The number of benzene rings is 2. The molecule has 0 bridgehead atoms. The first-order chi connectivity index (χ1) is 12.1. The van der Waals surface area contributed by atoms with E-state index in [0.29, 0.717) is 6.54 Å². The number of nitrogens with zero attached hydrogens (tertiary/aromatic N) is 1. The molecule has 0 unspecified atom stereocenters. The maximum atomic E-state index is 12.2. The van der Waals surface area contributed by atoms with E-state index in [0.717, 1.165) is 11.1 Å². The van der Waals surface area contributed by atoms with Gasteiger partial charge in [-0.1, -0.05) is 60.7 Å². The molecule has 1 saturated heterocycles. The lowest BCUT2D eigenvalue weighted by Gasteiger charge is -2.21. The predicted octanol–water partition coefficient (Wildman–Crippen LogP) is 1.81. The SMILES string of the molecule is O=C(C[C@H]1C(=O)NC(=O)N1Cc1ccccc1)NCc1ccccc1. The minimum atomic E-state index is -0.788. The molecule has 0 aliphatic carbocycles. The Hall–Kier alpha value is -3.15. The first-order valence-electron chi connectivity index (χ1n) is 8.09. The molecule has 128 valence electrons. The second-order valence-electron chi connectivity index (χ2n) is 5.89. The highest BCUT2D eigenvalue weighted by molar-refractivity contribution is 6.05. The topological polar surface area (TPSA) is 78.5 Å². The molecule has 0 saturated carbocycles. The zero-order valence-electron chi connectivity index (χ0n) is 13.6. The first-order valence-corrected chi connectivity index (χ1v) is 8.09. The maximum absolute atomic E-state index is 12.2. The van der Waals surface area contributed by atoms with Gasteiger partial charge in [-0.25, -0.2) is 4.79 Å². The molecule has 0 aromatic heterocycles. The second kappa shape index (κ2) is 7.61. The minimum Gasteiger partial charge on any atom is -0.352 e. The van der Waals surface area contributed by atoms with Crippen molar-refractivity contribution in [3.63, 3.8) is 0 Å². The Morgan fingerprint density at radius 3 is 2.20 bits per heavy atom. The third-order valence-electron chi connectivity index (χ3n) is 4.08. The molecule has 1 heterocycles. The standard InChI is InChI=1S/C19H19N3O3/c23-17(20-12-14-7-3-1-4-8-14)11-16-18(24)21-19(25)22(16)13-15-9-5-2-6-10-15/h1-10,16H,11-13H2,(H,20,23)(H,21,24,25)/t16-/m0/s1. The highest BCUT2D eigenvalue weighted by Gasteiger charge is 2.39. The van der Waals surface area contributed by atoms with Gasteiger partial charge in [0.25, 0.3) is 5.91 Å². The smallest absolute Gasteiger partial charge is 0.325 e. The molecule has 2 N–H and O–H groups in total. The number of hydrogen-bond donors (Lipinski definition) is 2. The molecule has 1 fully saturated rings. The second-order valence-corrected chi connectivity index (χ2v) is 5.89. The lowest BCUT2D eigenvalue weighted by Crippen LogP contribution is -2.39. The summed E-state index contributed by atoms with van der Waals surface area (Å²) in [5.74, 6) is -0.701. The van der Waals surface area contributed by atoms with Crippen LogP contribution in [0.25, 0.3) is 0 Å². The fraction of sp³-hybridized carbons (Fsp3) is 0.211. The van der Waals surface area contributed by atoms with E-state index in [9.17, 15) is 14.4 Å². The fourth-order valence-corrected chi connectivity index (χ4v) is 2.75. The average molecular weight is 337 g/mol. The number of imide groups is 1. The van der Waals surface area contributed by atoms with Crippen LogP contribution < -0.4 is 10.6 Å². The van der Waals surface area contributed by atoms with Crippen molar-refractivity contribution >= 4 is 17.8 Å². The van der Waals surface area contributed by atoms with E-state index in [2.05, 4.69) is 10.6 Å². The molecule has 1 aliphatic rings. The highest BCUT2D eigenvalue weighted by Crippen LogP contribution is 2.16. The summed E-state index contributed by atoms with van der Waals surface area (Å²) in [6, 6.07) is 17.6. The van der Waals surface area contributed by atoms with Crippen molar-refractivity contribution in [2.75, 3.05) is 0 Å². The van der Waals surface area contributed by atoms with Crippen molar-refractivity contribution in [1.29, 1.82) is 0 Å². The van der Waals surface area contributed by atoms with Crippen molar-refractivity contribution in [2.45, 2.75) is 25.6 Å². The van der Waals surface area contributed by atoms with Gasteiger partial charge in [-0.15, -0.1) is 0 Å². The molecule has 6 heteroatoms. The summed E-state index contributed by atoms with van der Waals surface area (Å²) in [5, 5.41) is 5.07. The zero-order chi connectivity index (χ0) is 17.6. The van der Waals surface area contributed by atoms with Crippen LogP contribution in [0, 0.1) is 0 Å². The molecule has 25 heavy (non-hydrogen) atoms. The van der Waals surface area contributed by atoms with E-state index in [1.807, 2.05) is 60.7 Å². The molecule has 0 radical (unpaired) electrons. The Morgan fingerprint density at radius 2 is 1.56 bits per heavy atom. The quantitative estimate of drug-likeness (QED) is 0.789. The molecule has 4 amide bonds. The number of nitrogens with one attached hydrogen (secondary N) is 2. The Morgan fingerprint density at radius 1 is 0.960 bits per heavy atom. The van der Waals surface area contributed by atoms with E-state index in [-0.39, 0.29) is 18.9 Å². The fourth-order valence-electron chi connectivity index (χ4n) is 2.75. The van der Waals surface area contributed by atoms with E-state index < -0.39 is 18.0 Å². The van der Waals surface area contributed by atoms with Gasteiger partial charge >= 0.3 is 6.03 Å². The van der Waals surface area contributed by atoms with Crippen LogP contribution in [0.1, 0.15) is 17.5 Å². The van der Waals surface area contributed by atoms with Gasteiger partial charge in [0.1, 0.15) is 6.04 Å². The monoisotopic (exact) mass is 337 g/mol. The van der Waals surface area contributed by atoms with E-state index in [4.69, 9.17) is 0 Å². The van der Waals surface area contributed by atoms with Crippen LogP contribution >= 0.6 is 0 Å². The van der Waals surface area contributed by atoms with E-state index in [1.165, 1.54) is 4.90 Å². The van der Waals surface area contributed by atoms with Gasteiger partial charge < -0.3 is 10.2 Å². The van der Waals surface area contributed by atoms with Crippen molar-refractivity contribution in [3.8, 4) is 0 Å². The van der Waals surface area contributed by atoms with Crippen LogP contribution in [0.5, 0.6) is 0 Å². The summed E-state index contributed by atoms with van der Waals surface area (Å²) in [6.45, 7) is 0.676. The molecule has 2 aromatic rings. The normalized spacial score (nSPS) is 16.6. The third-order valence-corrected chi connectivity index (χ3v) is 4.08. The van der Waals surface area contributed by atoms with Gasteiger partial charge in [0.05, 0.1) is 6.42 Å². The summed E-state index contributed by atoms with van der Waals surface area (Å²) in [5.41, 5.74) is 1.88. The van der Waals surface area contributed by atoms with Crippen LogP contribution in [0.2, 0.25) is 0 Å². The van der Waals surface area contributed by atoms with Crippen molar-refractivity contribution in [1.82, 2.24) is 15.5 Å². The number of urea groups is 1. The van der Waals surface area contributed by atoms with Gasteiger partial charge in [-0.3, -0.25) is 14.9 Å². The number of amides is 4. The largest absolute Gasteiger partial charge is 0.352 e. The maximum Gasteiger partial charge on any atom is 0.325 e. The summed E-state index contributed by atoms with van der Waals surface area (Å²) in [6.07, 6.45) is -0.0583. The van der Waals surface area contributed by atoms with Crippen molar-refractivity contribution in [2.24, 2.45) is 0 Å². The van der Waals surface area contributed by atoms with Crippen LogP contribution in [-0.4, -0.2) is 28.8 Å². The average Bonchev–Trinajstić information content (AvgIpc) is 2.89. The number of carbonyl (C=O) groups excluding carboxylic acids is 3. The molecule has 1 aliphatic heterocycles. The molecular weight excluding hydrogens is 318 g/mol. The van der Waals surface area contributed by atoms with Gasteiger partial charge in [0, 0.05) is 13.1 Å². The minimum absolute atomic E-state index is 0.0583. The van der Waals surface area contributed by atoms with Gasteiger partial charge in [-0.2, -0.15) is 0 Å². The summed E-state index contributed by atoms with van der Waals surface area (Å²) in [4.78, 5) is 37.7. The van der Waals surface area contributed by atoms with Crippen LogP contribution in [0.15, 0.2) is 60.7 Å². The summed E-state index contributed by atoms with van der Waals surface area (Å²) >= 11 is 0. The van der Waals surface area contributed by atoms with Crippen LogP contribution in [0.3, 0.4) is 0 Å². The summed E-state index contributed by atoms with van der Waals surface area (Å²) < 4.78 is 0. The molecule has 0 spiro atoms. The lowest BCUT2D eigenvalue weighted by atomic mass is 10.1. The molecule has 1 atom stereocenters. The Kier molecular flexibility index (Phi) is 5.09. The number of carbonyl (C=O) groups is 3. The summed E-state index contributed by atoms with van der Waals surface area (Å²) in [7, 11) is 0. The lowest BCUT2D eigenvalue weighted by molar-refractivity contribution is -0.128. The van der Waals surface area contributed by atoms with E-state index >= 15 is 0 Å². The van der Waals surface area contributed by atoms with Gasteiger partial charge in [0.2, 0.25) is 5.91 Å². The number of rotatable bonds is 6. The van der Waals surface area contributed by atoms with E-state index in [1.54, 1.807) is 0 Å². The van der Waals surface area contributed by atoms with Crippen LogP contribution in [-0.2, 0) is 22.7 Å². The van der Waals surface area contributed by atoms with Crippen molar-refractivity contribution in [3.05, 3.63) is 71.8 Å². The Bertz CT molecular complexity index is 762. The number of hydrogen-bond acceptors (Lipinski definition) is 3. The zero-order valence-corrected chi connectivity index (χ0v) is 13.6. The van der Waals surface area contributed by atoms with Crippen molar-refractivity contribution < 1.29 is 14.4 Å². The molecule has 6 nitrogen and oxygen atoms in total. The predicted molar refractivity (Wildman–Crippen MR) is 92.2 cm³/mol. The third kappa shape index (κ3) is 4.23. The van der Waals surface area contributed by atoms with Gasteiger partial charge in [0.15, 0.2) is 0 Å². The van der Waals surface area contributed by atoms with Gasteiger partial charge in [-0.05, 0) is 11.1 Å². The first kappa shape index (κ1) is 16.7. The van der Waals surface area contributed by atoms with Crippen LogP contribution in [0.4, 0.5) is 4.79 Å². The molecule has 3 rings (SSSR count). The highest BCUT2D eigenvalue weighted by atomic mass is 16.2.